The van der Waals surface area contributed by atoms with Gasteiger partial charge < -0.3 is 19.5 Å². The monoisotopic (exact) mass is 327 g/mol. The van der Waals surface area contributed by atoms with Gasteiger partial charge in [-0.2, -0.15) is 0 Å². The van der Waals surface area contributed by atoms with Gasteiger partial charge in [0, 0.05) is 11.3 Å². The van der Waals surface area contributed by atoms with Gasteiger partial charge in [0.2, 0.25) is 6.23 Å². The van der Waals surface area contributed by atoms with E-state index in [1.54, 1.807) is 13.2 Å². The Morgan fingerprint density at radius 2 is 1.96 bits per heavy atom. The van der Waals surface area contributed by atoms with Crippen molar-refractivity contribution in [1.82, 2.24) is 0 Å². The molecule has 1 N–H and O–H groups in total. The Morgan fingerprint density at radius 3 is 2.62 bits per heavy atom. The van der Waals surface area contributed by atoms with Crippen LogP contribution in [0.25, 0.3) is 0 Å². The van der Waals surface area contributed by atoms with E-state index in [0.717, 1.165) is 23.2 Å². The Balaban J connectivity index is 2.02. The van der Waals surface area contributed by atoms with Crippen molar-refractivity contribution in [2.45, 2.75) is 26.5 Å². The lowest BCUT2D eigenvalue weighted by Gasteiger charge is -2.19. The van der Waals surface area contributed by atoms with Crippen molar-refractivity contribution in [2.24, 2.45) is 0 Å². The molecule has 2 aromatic carbocycles. The molecule has 0 aliphatic carbocycles. The van der Waals surface area contributed by atoms with Crippen molar-refractivity contribution in [1.29, 1.82) is 0 Å². The quantitative estimate of drug-likeness (QED) is 0.845. The largest absolute Gasteiger partial charge is 0.493 e. The van der Waals surface area contributed by atoms with Gasteiger partial charge in [-0.1, -0.05) is 25.1 Å². The molecule has 0 unspecified atom stereocenters. The summed E-state index contributed by atoms with van der Waals surface area (Å²) in [5, 5.41) is 3.36. The van der Waals surface area contributed by atoms with Crippen molar-refractivity contribution in [3.8, 4) is 11.5 Å². The number of hydrogen-bond acceptors (Lipinski definition) is 5. The maximum absolute atomic E-state index is 12.4. The lowest BCUT2D eigenvalue weighted by molar-refractivity contribution is 0.0435. The van der Waals surface area contributed by atoms with Crippen molar-refractivity contribution in [2.75, 3.05) is 19.5 Å². The summed E-state index contributed by atoms with van der Waals surface area (Å²) in [4.78, 5) is 12.4. The molecule has 24 heavy (non-hydrogen) atoms. The first-order chi connectivity index (χ1) is 11.6. The first kappa shape index (κ1) is 16.2. The van der Waals surface area contributed by atoms with E-state index in [9.17, 15) is 4.79 Å². The van der Waals surface area contributed by atoms with Gasteiger partial charge in [0.1, 0.15) is 5.56 Å². The number of fused-ring (bicyclic) bond motifs is 1. The summed E-state index contributed by atoms with van der Waals surface area (Å²) in [5.74, 6) is 0.508. The number of carbonyl (C=O) groups excluding carboxylic acids is 1. The molecule has 0 aromatic heterocycles. The molecule has 1 atom stereocenters. The smallest absolute Gasteiger partial charge is 0.344 e. The summed E-state index contributed by atoms with van der Waals surface area (Å²) in [7, 11) is 3.06. The van der Waals surface area contributed by atoms with E-state index in [4.69, 9.17) is 14.2 Å². The molecular formula is C19H21NO4. The summed E-state index contributed by atoms with van der Waals surface area (Å²) in [6.45, 7) is 4.14. The maximum Gasteiger partial charge on any atom is 0.344 e. The summed E-state index contributed by atoms with van der Waals surface area (Å²) in [5.41, 5.74) is 4.46. The molecule has 0 amide bonds. The molecule has 5 nitrogen and oxygen atoms in total. The average molecular weight is 327 g/mol. The Kier molecular flexibility index (Phi) is 4.34. The van der Waals surface area contributed by atoms with Gasteiger partial charge >= 0.3 is 5.97 Å². The minimum absolute atomic E-state index is 0.407. The van der Waals surface area contributed by atoms with E-state index in [1.807, 2.05) is 25.1 Å². The molecule has 0 saturated heterocycles. The molecule has 0 spiro atoms. The number of para-hydroxylation sites is 1. The molecule has 0 fully saturated rings. The number of carbonyl (C=O) groups is 1. The van der Waals surface area contributed by atoms with E-state index in [1.165, 1.54) is 12.7 Å². The standard InChI is InChI=1S/C19H21NO4/c1-5-12-8-6-7-11(2)16(12)20-18-13-9-10-14(22-3)17(23-4)15(13)19(21)24-18/h6-10,18,20H,5H2,1-4H3/t18-/m0/s1. The minimum atomic E-state index is -0.543. The molecule has 5 heteroatoms. The van der Waals surface area contributed by atoms with E-state index < -0.39 is 12.2 Å². The van der Waals surface area contributed by atoms with Crippen molar-refractivity contribution in [3.63, 3.8) is 0 Å². The third kappa shape index (κ3) is 2.56. The van der Waals surface area contributed by atoms with Crippen molar-refractivity contribution in [3.05, 3.63) is 52.6 Å². The number of aryl methyl sites for hydroxylation is 2. The van der Waals surface area contributed by atoms with Gasteiger partial charge in [-0.15, -0.1) is 0 Å². The van der Waals surface area contributed by atoms with E-state index in [-0.39, 0.29) is 0 Å². The number of cyclic esters (lactones) is 1. The highest BCUT2D eigenvalue weighted by Crippen LogP contribution is 2.42. The van der Waals surface area contributed by atoms with Crippen LogP contribution < -0.4 is 14.8 Å². The second kappa shape index (κ2) is 6.43. The normalized spacial score (nSPS) is 15.7. The molecular weight excluding hydrogens is 306 g/mol. The predicted octanol–water partition coefficient (Wildman–Crippen LogP) is 3.86. The number of esters is 1. The van der Waals surface area contributed by atoms with Gasteiger partial charge in [-0.3, -0.25) is 0 Å². The van der Waals surface area contributed by atoms with Crippen LogP contribution in [0, 0.1) is 6.92 Å². The van der Waals surface area contributed by atoms with Crippen LogP contribution in [0.2, 0.25) is 0 Å². The van der Waals surface area contributed by atoms with Gasteiger partial charge in [0.05, 0.1) is 14.2 Å². The van der Waals surface area contributed by atoms with Crippen LogP contribution in [-0.2, 0) is 11.2 Å². The molecule has 1 aliphatic rings. The number of methoxy groups -OCH3 is 2. The highest BCUT2D eigenvalue weighted by molar-refractivity contribution is 5.98. The zero-order valence-electron chi connectivity index (χ0n) is 14.3. The van der Waals surface area contributed by atoms with Crippen molar-refractivity contribution < 1.29 is 19.0 Å². The molecule has 1 aliphatic heterocycles. The average Bonchev–Trinajstić information content (AvgIpc) is 2.91. The van der Waals surface area contributed by atoms with Crippen molar-refractivity contribution >= 4 is 11.7 Å². The first-order valence-electron chi connectivity index (χ1n) is 7.91. The van der Waals surface area contributed by atoms with Crippen LogP contribution in [0.1, 0.15) is 40.2 Å². The molecule has 126 valence electrons. The van der Waals surface area contributed by atoms with E-state index in [0.29, 0.717) is 17.1 Å². The molecule has 0 bridgehead atoms. The van der Waals surface area contributed by atoms with Crippen LogP contribution in [0.15, 0.2) is 30.3 Å². The van der Waals surface area contributed by atoms with E-state index in [2.05, 4.69) is 18.3 Å². The van der Waals surface area contributed by atoms with Crippen LogP contribution in [-0.4, -0.2) is 20.2 Å². The third-order valence-corrected chi connectivity index (χ3v) is 4.30. The van der Waals surface area contributed by atoms with Gasteiger partial charge in [-0.25, -0.2) is 4.79 Å². The highest BCUT2D eigenvalue weighted by Gasteiger charge is 2.36. The SMILES string of the molecule is CCc1cccc(C)c1N[C@H]1OC(=O)c2c1ccc(OC)c2OC. The van der Waals surface area contributed by atoms with Crippen LogP contribution >= 0.6 is 0 Å². The zero-order valence-corrected chi connectivity index (χ0v) is 14.3. The molecule has 1 heterocycles. The fraction of sp³-hybridized carbons (Fsp3) is 0.316. The summed E-state index contributed by atoms with van der Waals surface area (Å²) in [6, 6.07) is 9.76. The summed E-state index contributed by atoms with van der Waals surface area (Å²) in [6.07, 6.45) is 0.349. The molecule has 0 radical (unpaired) electrons. The fourth-order valence-corrected chi connectivity index (χ4v) is 3.07. The molecule has 3 rings (SSSR count). The number of ether oxygens (including phenoxy) is 3. The zero-order chi connectivity index (χ0) is 17.3. The second-order valence-corrected chi connectivity index (χ2v) is 5.66. The summed E-state index contributed by atoms with van der Waals surface area (Å²) < 4.78 is 16.2. The Bertz CT molecular complexity index is 785. The second-order valence-electron chi connectivity index (χ2n) is 5.66. The minimum Gasteiger partial charge on any atom is -0.493 e. The van der Waals surface area contributed by atoms with Gasteiger partial charge in [-0.05, 0) is 36.6 Å². The van der Waals surface area contributed by atoms with Gasteiger partial charge in [0.25, 0.3) is 0 Å². The third-order valence-electron chi connectivity index (χ3n) is 4.30. The summed E-state index contributed by atoms with van der Waals surface area (Å²) >= 11 is 0. The molecule has 2 aromatic rings. The number of rotatable bonds is 5. The van der Waals surface area contributed by atoms with Crippen LogP contribution in [0.3, 0.4) is 0 Å². The Labute approximate surface area is 141 Å². The van der Waals surface area contributed by atoms with Gasteiger partial charge in [0.15, 0.2) is 11.5 Å². The maximum atomic E-state index is 12.4. The number of benzene rings is 2. The number of hydrogen-bond donors (Lipinski definition) is 1. The fourth-order valence-electron chi connectivity index (χ4n) is 3.07. The first-order valence-corrected chi connectivity index (χ1v) is 7.91. The molecule has 0 saturated carbocycles. The highest BCUT2D eigenvalue weighted by atomic mass is 16.6. The Morgan fingerprint density at radius 1 is 1.17 bits per heavy atom. The lowest BCUT2D eigenvalue weighted by atomic mass is 10.0. The van der Waals surface area contributed by atoms with Crippen LogP contribution in [0.4, 0.5) is 5.69 Å². The topological polar surface area (TPSA) is 56.8 Å². The number of anilines is 1. The predicted molar refractivity (Wildman–Crippen MR) is 91.9 cm³/mol. The van der Waals surface area contributed by atoms with Crippen LogP contribution in [0.5, 0.6) is 11.5 Å². The number of nitrogens with one attached hydrogen (secondary N) is 1. The van der Waals surface area contributed by atoms with E-state index >= 15 is 0 Å². The Hall–Kier alpha value is -2.69. The lowest BCUT2D eigenvalue weighted by Crippen LogP contribution is -2.12.